The van der Waals surface area contributed by atoms with E-state index in [2.05, 4.69) is 11.4 Å². The summed E-state index contributed by atoms with van der Waals surface area (Å²) in [6, 6.07) is 2.06. The van der Waals surface area contributed by atoms with Crippen molar-refractivity contribution in [2.75, 3.05) is 13.1 Å². The molecule has 0 radical (unpaired) electrons. The van der Waals surface area contributed by atoms with Gasteiger partial charge in [0.1, 0.15) is 0 Å². The van der Waals surface area contributed by atoms with Crippen LogP contribution in [0.3, 0.4) is 0 Å². The Kier molecular flexibility index (Phi) is 4.31. The van der Waals surface area contributed by atoms with Crippen molar-refractivity contribution >= 4 is 17.2 Å². The van der Waals surface area contributed by atoms with Gasteiger partial charge >= 0.3 is 0 Å². The minimum atomic E-state index is -0.724. The molecule has 4 heteroatoms. The van der Waals surface area contributed by atoms with Crippen molar-refractivity contribution in [1.29, 1.82) is 0 Å². The first kappa shape index (κ1) is 14.5. The van der Waals surface area contributed by atoms with Gasteiger partial charge in [0.05, 0.1) is 5.60 Å². The average Bonchev–Trinajstić information content (AvgIpc) is 2.96. The Morgan fingerprint density at radius 1 is 1.63 bits per heavy atom. The van der Waals surface area contributed by atoms with Crippen LogP contribution in [0.1, 0.15) is 32.8 Å². The van der Waals surface area contributed by atoms with Gasteiger partial charge in [-0.3, -0.25) is 4.79 Å². The van der Waals surface area contributed by atoms with Gasteiger partial charge in [0.2, 0.25) is 5.91 Å². The van der Waals surface area contributed by atoms with Crippen LogP contribution in [0.5, 0.6) is 0 Å². The van der Waals surface area contributed by atoms with Crippen molar-refractivity contribution in [2.45, 2.75) is 39.2 Å². The van der Waals surface area contributed by atoms with E-state index >= 15 is 0 Å². The SMILES string of the molecule is CC(C)[C@@]1(O)CN(C(=O)CCc2ccsc2)C[C@@H]1C. The Hall–Kier alpha value is -0.870. The fourth-order valence-corrected chi connectivity index (χ4v) is 3.50. The van der Waals surface area contributed by atoms with Gasteiger partial charge in [-0.05, 0) is 34.7 Å². The van der Waals surface area contributed by atoms with Gasteiger partial charge in [-0.15, -0.1) is 0 Å². The van der Waals surface area contributed by atoms with Crippen LogP contribution in [0.15, 0.2) is 16.8 Å². The van der Waals surface area contributed by atoms with E-state index in [0.29, 0.717) is 19.5 Å². The monoisotopic (exact) mass is 281 g/mol. The minimum absolute atomic E-state index is 0.151. The van der Waals surface area contributed by atoms with E-state index in [9.17, 15) is 9.90 Å². The van der Waals surface area contributed by atoms with E-state index in [1.807, 2.05) is 31.1 Å². The van der Waals surface area contributed by atoms with Crippen LogP contribution in [0.2, 0.25) is 0 Å². The number of amides is 1. The smallest absolute Gasteiger partial charge is 0.223 e. The number of β-amino-alcohol motifs (C(OH)–C–C–N with tert-alkyl or cyclic N) is 1. The molecule has 1 aromatic heterocycles. The lowest BCUT2D eigenvalue weighted by atomic mass is 9.82. The first-order chi connectivity index (χ1) is 8.93. The van der Waals surface area contributed by atoms with Crippen LogP contribution in [-0.4, -0.2) is 34.6 Å². The van der Waals surface area contributed by atoms with E-state index in [4.69, 9.17) is 0 Å². The minimum Gasteiger partial charge on any atom is -0.387 e. The lowest BCUT2D eigenvalue weighted by Crippen LogP contribution is -2.43. The molecule has 0 unspecified atom stereocenters. The molecule has 0 bridgehead atoms. The summed E-state index contributed by atoms with van der Waals surface area (Å²) in [5, 5.41) is 14.7. The maximum atomic E-state index is 12.2. The topological polar surface area (TPSA) is 40.5 Å². The maximum Gasteiger partial charge on any atom is 0.223 e. The summed E-state index contributed by atoms with van der Waals surface area (Å²) in [6.45, 7) is 7.24. The highest BCUT2D eigenvalue weighted by atomic mass is 32.1. The Morgan fingerprint density at radius 3 is 2.89 bits per heavy atom. The molecule has 2 atom stereocenters. The van der Waals surface area contributed by atoms with Crippen LogP contribution in [0.25, 0.3) is 0 Å². The molecule has 1 saturated heterocycles. The predicted molar refractivity (Wildman–Crippen MR) is 78.2 cm³/mol. The van der Waals surface area contributed by atoms with Crippen molar-refractivity contribution < 1.29 is 9.90 Å². The number of carbonyl (C=O) groups excluding carboxylic acids is 1. The highest BCUT2D eigenvalue weighted by Crippen LogP contribution is 2.34. The summed E-state index contributed by atoms with van der Waals surface area (Å²) < 4.78 is 0. The zero-order valence-corrected chi connectivity index (χ0v) is 12.7. The Labute approximate surface area is 119 Å². The number of aliphatic hydroxyl groups is 1. The highest BCUT2D eigenvalue weighted by Gasteiger charge is 2.46. The third-order valence-corrected chi connectivity index (χ3v) is 5.08. The number of thiophene rings is 1. The molecule has 0 aliphatic carbocycles. The second-order valence-corrected chi connectivity index (χ2v) is 6.73. The largest absolute Gasteiger partial charge is 0.387 e. The van der Waals surface area contributed by atoms with E-state index in [0.717, 1.165) is 6.42 Å². The first-order valence-electron chi connectivity index (χ1n) is 6.94. The van der Waals surface area contributed by atoms with Gasteiger partial charge in [-0.1, -0.05) is 20.8 Å². The highest BCUT2D eigenvalue weighted by molar-refractivity contribution is 7.07. The molecule has 1 N–H and O–H groups in total. The normalized spacial score (nSPS) is 27.2. The third kappa shape index (κ3) is 3.00. The molecule has 1 amide bonds. The number of nitrogens with zero attached hydrogens (tertiary/aromatic N) is 1. The summed E-state index contributed by atoms with van der Waals surface area (Å²) in [6.07, 6.45) is 1.34. The second-order valence-electron chi connectivity index (χ2n) is 5.95. The molecule has 0 aromatic carbocycles. The molecule has 1 fully saturated rings. The zero-order chi connectivity index (χ0) is 14.0. The summed E-state index contributed by atoms with van der Waals surface area (Å²) in [5.74, 6) is 0.490. The molecule has 1 aliphatic rings. The standard InChI is InChI=1S/C15H23NO2S/c1-11(2)15(18)10-16(8-12(15)3)14(17)5-4-13-6-7-19-9-13/h6-7,9,11-12,18H,4-5,8,10H2,1-3H3/t12-,15-/m0/s1. The van der Waals surface area contributed by atoms with Crippen LogP contribution in [-0.2, 0) is 11.2 Å². The fourth-order valence-electron chi connectivity index (χ4n) is 2.80. The number of hydrogen-bond acceptors (Lipinski definition) is 3. The summed E-state index contributed by atoms with van der Waals surface area (Å²) in [4.78, 5) is 14.0. The van der Waals surface area contributed by atoms with Gasteiger partial charge in [-0.2, -0.15) is 11.3 Å². The number of hydrogen-bond donors (Lipinski definition) is 1. The number of aryl methyl sites for hydroxylation is 1. The third-order valence-electron chi connectivity index (χ3n) is 4.35. The van der Waals surface area contributed by atoms with Crippen molar-refractivity contribution in [2.24, 2.45) is 11.8 Å². The van der Waals surface area contributed by atoms with Crippen LogP contribution in [0.4, 0.5) is 0 Å². The van der Waals surface area contributed by atoms with Crippen molar-refractivity contribution in [3.05, 3.63) is 22.4 Å². The number of rotatable bonds is 4. The molecule has 3 nitrogen and oxygen atoms in total. The Bertz CT molecular complexity index is 429. The van der Waals surface area contributed by atoms with Gasteiger partial charge in [0.15, 0.2) is 0 Å². The molecule has 1 aromatic rings. The van der Waals surface area contributed by atoms with E-state index in [-0.39, 0.29) is 17.7 Å². The van der Waals surface area contributed by atoms with Crippen molar-refractivity contribution in [3.8, 4) is 0 Å². The first-order valence-corrected chi connectivity index (χ1v) is 7.89. The van der Waals surface area contributed by atoms with E-state index in [1.165, 1.54) is 5.56 Å². The molecular weight excluding hydrogens is 258 g/mol. The van der Waals surface area contributed by atoms with E-state index < -0.39 is 5.60 Å². The second kappa shape index (κ2) is 5.63. The lowest BCUT2D eigenvalue weighted by Gasteiger charge is -2.31. The average molecular weight is 281 g/mol. The summed E-state index contributed by atoms with van der Waals surface area (Å²) >= 11 is 1.66. The zero-order valence-electron chi connectivity index (χ0n) is 11.9. The molecule has 106 valence electrons. The van der Waals surface area contributed by atoms with Crippen molar-refractivity contribution in [3.63, 3.8) is 0 Å². The predicted octanol–water partition coefficient (Wildman–Crippen LogP) is 2.55. The van der Waals surface area contributed by atoms with Gasteiger partial charge in [-0.25, -0.2) is 0 Å². The fraction of sp³-hybridized carbons (Fsp3) is 0.667. The molecule has 1 aliphatic heterocycles. The maximum absolute atomic E-state index is 12.2. The quantitative estimate of drug-likeness (QED) is 0.921. The number of likely N-dealkylation sites (tertiary alicyclic amines) is 1. The Balaban J connectivity index is 1.91. The van der Waals surface area contributed by atoms with Crippen LogP contribution >= 0.6 is 11.3 Å². The van der Waals surface area contributed by atoms with Crippen molar-refractivity contribution in [1.82, 2.24) is 4.90 Å². The summed E-state index contributed by atoms with van der Waals surface area (Å²) in [7, 11) is 0. The van der Waals surface area contributed by atoms with Gasteiger partial charge in [0.25, 0.3) is 0 Å². The molecule has 19 heavy (non-hydrogen) atoms. The molecule has 2 heterocycles. The summed E-state index contributed by atoms with van der Waals surface area (Å²) in [5.41, 5.74) is 0.502. The number of carbonyl (C=O) groups is 1. The van der Waals surface area contributed by atoms with E-state index in [1.54, 1.807) is 11.3 Å². The Morgan fingerprint density at radius 2 is 2.37 bits per heavy atom. The lowest BCUT2D eigenvalue weighted by molar-refractivity contribution is -0.131. The van der Waals surface area contributed by atoms with Gasteiger partial charge in [0, 0.05) is 25.4 Å². The van der Waals surface area contributed by atoms with Crippen LogP contribution in [0, 0.1) is 11.8 Å². The van der Waals surface area contributed by atoms with Gasteiger partial charge < -0.3 is 10.0 Å². The molecule has 0 saturated carbocycles. The molecule has 0 spiro atoms. The molecular formula is C15H23NO2S. The molecule has 2 rings (SSSR count). The van der Waals surface area contributed by atoms with Crippen LogP contribution < -0.4 is 0 Å².